The third-order valence-electron chi connectivity index (χ3n) is 2.97. The van der Waals surface area contributed by atoms with Crippen LogP contribution in [0.5, 0.6) is 0 Å². The van der Waals surface area contributed by atoms with Gasteiger partial charge in [-0.05, 0) is 24.6 Å². The van der Waals surface area contributed by atoms with Crippen molar-refractivity contribution in [1.82, 2.24) is 0 Å². The number of benzene rings is 1. The molecule has 0 aliphatic carbocycles. The molecule has 0 amide bonds. The molecule has 0 bridgehead atoms. The maximum Gasteiger partial charge on any atom is 0.152 e. The Bertz CT molecular complexity index is 562. The highest BCUT2D eigenvalue weighted by molar-refractivity contribution is 5.78. The predicted molar refractivity (Wildman–Crippen MR) is 76.5 cm³/mol. The molecule has 1 atom stereocenters. The Morgan fingerprint density at radius 1 is 1.26 bits per heavy atom. The van der Waals surface area contributed by atoms with Crippen LogP contribution < -0.4 is 0 Å². The van der Waals surface area contributed by atoms with Crippen molar-refractivity contribution in [3.8, 4) is 0 Å². The third-order valence-corrected chi connectivity index (χ3v) is 2.97. The van der Waals surface area contributed by atoms with Gasteiger partial charge in [-0.1, -0.05) is 49.1 Å². The summed E-state index contributed by atoms with van der Waals surface area (Å²) in [5, 5.41) is 0. The summed E-state index contributed by atoms with van der Waals surface area (Å²) in [6.45, 7) is 5.60. The number of hydrogen-bond donors (Lipinski definition) is 0. The van der Waals surface area contributed by atoms with Crippen molar-refractivity contribution >= 4 is 6.29 Å². The Hall–Kier alpha value is -2.35. The topological polar surface area (TPSA) is 26.3 Å². The molecule has 96 valence electrons. The Balaban J connectivity index is 2.47. The molecule has 1 aromatic rings. The molecular formula is C17H16O2. The molecule has 0 aromatic heterocycles. The molecule has 0 N–H and O–H groups in total. The summed E-state index contributed by atoms with van der Waals surface area (Å²) in [7, 11) is 0. The second-order valence-corrected chi connectivity index (χ2v) is 4.18. The zero-order valence-electron chi connectivity index (χ0n) is 10.9. The number of carbonyl (C=O) groups is 1. The second kappa shape index (κ2) is 6.01. The van der Waals surface area contributed by atoms with Gasteiger partial charge in [0.2, 0.25) is 0 Å². The van der Waals surface area contributed by atoms with Gasteiger partial charge < -0.3 is 4.74 Å². The molecule has 0 radical (unpaired) electrons. The molecule has 1 aromatic carbocycles. The standard InChI is InChI=1S/C17H16O2/c1-3-8-16-13(4-2)11-15(12-18)17(19-16)14-9-6-5-7-10-14/h3-12,17H,1H2,2H3/b13-4-,16-8+. The van der Waals surface area contributed by atoms with E-state index < -0.39 is 0 Å². The van der Waals surface area contributed by atoms with E-state index in [1.807, 2.05) is 55.5 Å². The summed E-state index contributed by atoms with van der Waals surface area (Å²) in [5.41, 5.74) is 2.49. The minimum absolute atomic E-state index is 0.353. The fourth-order valence-electron chi connectivity index (χ4n) is 2.04. The summed E-state index contributed by atoms with van der Waals surface area (Å²) in [6.07, 6.45) is 7.77. The first kappa shape index (κ1) is 13.1. The van der Waals surface area contributed by atoms with Gasteiger partial charge in [-0.25, -0.2) is 0 Å². The molecular weight excluding hydrogens is 236 g/mol. The van der Waals surface area contributed by atoms with Crippen LogP contribution in [0.2, 0.25) is 0 Å². The second-order valence-electron chi connectivity index (χ2n) is 4.18. The first-order valence-corrected chi connectivity index (χ1v) is 6.18. The Labute approximate surface area is 113 Å². The molecule has 0 fully saturated rings. The highest BCUT2D eigenvalue weighted by Crippen LogP contribution is 2.35. The van der Waals surface area contributed by atoms with Crippen molar-refractivity contribution < 1.29 is 9.53 Å². The maximum absolute atomic E-state index is 11.3. The number of ether oxygens (including phenoxy) is 1. The molecule has 2 nitrogen and oxygen atoms in total. The van der Waals surface area contributed by atoms with Gasteiger partial charge in [0.05, 0.1) is 0 Å². The molecule has 1 unspecified atom stereocenters. The Morgan fingerprint density at radius 2 is 2.00 bits per heavy atom. The van der Waals surface area contributed by atoms with Crippen LogP contribution in [0.15, 0.2) is 78.1 Å². The number of carbonyl (C=O) groups excluding carboxylic acids is 1. The lowest BCUT2D eigenvalue weighted by molar-refractivity contribution is -0.106. The van der Waals surface area contributed by atoms with E-state index in [4.69, 9.17) is 4.74 Å². The third kappa shape index (κ3) is 2.74. The summed E-state index contributed by atoms with van der Waals surface area (Å²) in [4.78, 5) is 11.3. The van der Waals surface area contributed by atoms with Crippen molar-refractivity contribution in [1.29, 1.82) is 0 Å². The van der Waals surface area contributed by atoms with Crippen LogP contribution in [0.1, 0.15) is 18.6 Å². The van der Waals surface area contributed by atoms with E-state index in [-0.39, 0.29) is 6.10 Å². The zero-order chi connectivity index (χ0) is 13.7. The van der Waals surface area contributed by atoms with Crippen LogP contribution in [0, 0.1) is 0 Å². The van der Waals surface area contributed by atoms with Crippen molar-refractivity contribution in [3.63, 3.8) is 0 Å². The fraction of sp³-hybridized carbons (Fsp3) is 0.118. The van der Waals surface area contributed by atoms with Gasteiger partial charge in [0.15, 0.2) is 6.10 Å². The Kier molecular flexibility index (Phi) is 4.14. The van der Waals surface area contributed by atoms with Crippen molar-refractivity contribution in [2.75, 3.05) is 0 Å². The van der Waals surface area contributed by atoms with E-state index in [0.717, 1.165) is 23.2 Å². The van der Waals surface area contributed by atoms with Crippen LogP contribution in [-0.4, -0.2) is 6.29 Å². The minimum atomic E-state index is -0.353. The normalized spacial score (nSPS) is 22.8. The monoisotopic (exact) mass is 252 g/mol. The summed E-state index contributed by atoms with van der Waals surface area (Å²) in [5.74, 6) is 0.733. The molecule has 1 aliphatic heterocycles. The van der Waals surface area contributed by atoms with Gasteiger partial charge in [-0.3, -0.25) is 4.79 Å². The van der Waals surface area contributed by atoms with Gasteiger partial charge in [-0.15, -0.1) is 0 Å². The maximum atomic E-state index is 11.3. The average molecular weight is 252 g/mol. The van der Waals surface area contributed by atoms with Crippen LogP contribution in [0.4, 0.5) is 0 Å². The largest absolute Gasteiger partial charge is 0.480 e. The van der Waals surface area contributed by atoms with E-state index in [1.54, 1.807) is 6.08 Å². The van der Waals surface area contributed by atoms with Crippen LogP contribution >= 0.6 is 0 Å². The Morgan fingerprint density at radius 3 is 2.58 bits per heavy atom. The minimum Gasteiger partial charge on any atom is -0.480 e. The van der Waals surface area contributed by atoms with Gasteiger partial charge in [0.25, 0.3) is 0 Å². The van der Waals surface area contributed by atoms with Crippen LogP contribution in [0.3, 0.4) is 0 Å². The summed E-state index contributed by atoms with van der Waals surface area (Å²) < 4.78 is 5.94. The molecule has 1 heterocycles. The van der Waals surface area contributed by atoms with Crippen molar-refractivity contribution in [2.45, 2.75) is 13.0 Å². The molecule has 0 spiro atoms. The molecule has 1 aliphatic rings. The van der Waals surface area contributed by atoms with Gasteiger partial charge in [-0.2, -0.15) is 0 Å². The number of allylic oxidation sites excluding steroid dienone is 4. The first-order chi connectivity index (χ1) is 9.30. The van der Waals surface area contributed by atoms with E-state index in [0.29, 0.717) is 5.57 Å². The lowest BCUT2D eigenvalue weighted by atomic mass is 9.96. The van der Waals surface area contributed by atoms with Crippen LogP contribution in [0.25, 0.3) is 0 Å². The first-order valence-electron chi connectivity index (χ1n) is 6.18. The lowest BCUT2D eigenvalue weighted by Gasteiger charge is -2.26. The number of aldehydes is 1. The molecule has 2 rings (SSSR count). The highest BCUT2D eigenvalue weighted by Gasteiger charge is 2.25. The lowest BCUT2D eigenvalue weighted by Crippen LogP contribution is -2.14. The fourth-order valence-corrected chi connectivity index (χ4v) is 2.04. The van der Waals surface area contributed by atoms with Crippen molar-refractivity contribution in [3.05, 3.63) is 83.7 Å². The molecule has 19 heavy (non-hydrogen) atoms. The smallest absolute Gasteiger partial charge is 0.152 e. The van der Waals surface area contributed by atoms with E-state index in [9.17, 15) is 4.79 Å². The van der Waals surface area contributed by atoms with Gasteiger partial charge in [0.1, 0.15) is 12.0 Å². The highest BCUT2D eigenvalue weighted by atomic mass is 16.5. The summed E-state index contributed by atoms with van der Waals surface area (Å²) in [6, 6.07) is 9.71. The predicted octanol–water partition coefficient (Wildman–Crippen LogP) is 3.90. The van der Waals surface area contributed by atoms with Gasteiger partial charge in [0, 0.05) is 11.1 Å². The van der Waals surface area contributed by atoms with E-state index >= 15 is 0 Å². The van der Waals surface area contributed by atoms with Crippen molar-refractivity contribution in [2.24, 2.45) is 0 Å². The summed E-state index contributed by atoms with van der Waals surface area (Å²) >= 11 is 0. The molecule has 2 heteroatoms. The number of rotatable bonds is 3. The van der Waals surface area contributed by atoms with E-state index in [1.165, 1.54) is 0 Å². The van der Waals surface area contributed by atoms with E-state index in [2.05, 4.69) is 6.58 Å². The quantitative estimate of drug-likeness (QED) is 0.763. The molecule has 0 saturated heterocycles. The average Bonchev–Trinajstić information content (AvgIpc) is 2.48. The zero-order valence-corrected chi connectivity index (χ0v) is 10.9. The van der Waals surface area contributed by atoms with Crippen LogP contribution in [-0.2, 0) is 9.53 Å². The van der Waals surface area contributed by atoms with Gasteiger partial charge >= 0.3 is 0 Å². The number of hydrogen-bond acceptors (Lipinski definition) is 2. The SMILES string of the molecule is C=C/C=C1/OC(c2ccccc2)C(C=O)=C/C1=C/C. The molecule has 0 saturated carbocycles.